The van der Waals surface area contributed by atoms with Crippen LogP contribution in [0, 0.1) is 5.92 Å². The third-order valence-corrected chi connectivity index (χ3v) is 7.38. The average Bonchev–Trinajstić information content (AvgIpc) is 3.30. The summed E-state index contributed by atoms with van der Waals surface area (Å²) < 4.78 is 0. The zero-order valence-corrected chi connectivity index (χ0v) is 18.1. The Hall–Kier alpha value is -1.83. The van der Waals surface area contributed by atoms with E-state index in [-0.39, 0.29) is 17.7 Å². The standard InChI is InChI=1S/C22H27N3O2S2/c26-21(18-6-3-9-25(16-18)22(27)20-8-4-12-29-20)23-19-7-2-1-5-17(19)15-24-10-13-28-14-11-24/h1-2,4-5,7-8,12,18H,3,6,9-11,13-16H2,(H,23,26). The Balaban J connectivity index is 1.39. The molecule has 5 nitrogen and oxygen atoms in total. The van der Waals surface area contributed by atoms with E-state index in [4.69, 9.17) is 0 Å². The number of amides is 2. The summed E-state index contributed by atoms with van der Waals surface area (Å²) in [5.41, 5.74) is 2.06. The molecule has 154 valence electrons. The maximum absolute atomic E-state index is 13.0. The Morgan fingerprint density at radius 3 is 2.69 bits per heavy atom. The summed E-state index contributed by atoms with van der Waals surface area (Å²) in [5, 5.41) is 5.07. The fourth-order valence-corrected chi connectivity index (χ4v) is 5.62. The predicted molar refractivity (Wildman–Crippen MR) is 121 cm³/mol. The highest BCUT2D eigenvalue weighted by Gasteiger charge is 2.29. The first-order valence-electron chi connectivity index (χ1n) is 10.2. The van der Waals surface area contributed by atoms with E-state index < -0.39 is 0 Å². The lowest BCUT2D eigenvalue weighted by Gasteiger charge is -2.32. The number of likely N-dealkylation sites (tertiary alicyclic amines) is 1. The van der Waals surface area contributed by atoms with Gasteiger partial charge in [-0.05, 0) is 35.9 Å². The number of hydrogen-bond acceptors (Lipinski definition) is 5. The number of hydrogen-bond donors (Lipinski definition) is 1. The molecule has 2 aliphatic rings. The van der Waals surface area contributed by atoms with Gasteiger partial charge in [-0.25, -0.2) is 0 Å². The van der Waals surface area contributed by atoms with Crippen LogP contribution < -0.4 is 5.32 Å². The van der Waals surface area contributed by atoms with Gasteiger partial charge >= 0.3 is 0 Å². The van der Waals surface area contributed by atoms with Crippen LogP contribution in [0.2, 0.25) is 0 Å². The summed E-state index contributed by atoms with van der Waals surface area (Å²) in [5.74, 6) is 2.25. The zero-order valence-electron chi connectivity index (χ0n) is 16.5. The molecule has 0 aliphatic carbocycles. The van der Waals surface area contributed by atoms with Gasteiger partial charge in [-0.3, -0.25) is 14.5 Å². The molecule has 3 heterocycles. The van der Waals surface area contributed by atoms with Crippen LogP contribution in [0.4, 0.5) is 5.69 Å². The molecule has 0 radical (unpaired) electrons. The number of carbonyl (C=O) groups is 2. The van der Waals surface area contributed by atoms with Crippen molar-refractivity contribution in [3.8, 4) is 0 Å². The highest BCUT2D eigenvalue weighted by Crippen LogP contribution is 2.24. The Kier molecular flexibility index (Phi) is 6.90. The minimum Gasteiger partial charge on any atom is -0.337 e. The number of nitrogens with zero attached hydrogens (tertiary/aromatic N) is 2. The van der Waals surface area contributed by atoms with Crippen molar-refractivity contribution in [2.45, 2.75) is 19.4 Å². The molecule has 1 aromatic carbocycles. The maximum atomic E-state index is 13.0. The first kappa shape index (κ1) is 20.4. The SMILES string of the molecule is O=C(Nc1ccccc1CN1CCSCC1)C1CCCN(C(=O)c2cccs2)C1. The largest absolute Gasteiger partial charge is 0.337 e. The number of thioether (sulfide) groups is 1. The second-order valence-corrected chi connectivity index (χ2v) is 9.77. The van der Waals surface area contributed by atoms with Crippen LogP contribution in [0.5, 0.6) is 0 Å². The van der Waals surface area contributed by atoms with Crippen LogP contribution >= 0.6 is 23.1 Å². The summed E-state index contributed by atoms with van der Waals surface area (Å²) in [4.78, 5) is 30.7. The number of thiophene rings is 1. The molecule has 0 spiro atoms. The van der Waals surface area contributed by atoms with Gasteiger partial charge in [0.25, 0.3) is 5.91 Å². The molecule has 4 rings (SSSR count). The fourth-order valence-electron chi connectivity index (χ4n) is 3.95. The smallest absolute Gasteiger partial charge is 0.263 e. The Bertz CT molecular complexity index is 834. The number of para-hydroxylation sites is 1. The molecular formula is C22H27N3O2S2. The number of rotatable bonds is 5. The van der Waals surface area contributed by atoms with Crippen LogP contribution in [0.3, 0.4) is 0 Å². The van der Waals surface area contributed by atoms with E-state index >= 15 is 0 Å². The molecular weight excluding hydrogens is 402 g/mol. The molecule has 2 aliphatic heterocycles. The quantitative estimate of drug-likeness (QED) is 0.786. The van der Waals surface area contributed by atoms with E-state index in [2.05, 4.69) is 16.3 Å². The number of benzene rings is 1. The van der Waals surface area contributed by atoms with Crippen molar-refractivity contribution in [3.05, 3.63) is 52.2 Å². The van der Waals surface area contributed by atoms with Crippen LogP contribution in [-0.2, 0) is 11.3 Å². The average molecular weight is 430 g/mol. The van der Waals surface area contributed by atoms with Crippen LogP contribution in [0.15, 0.2) is 41.8 Å². The number of nitrogens with one attached hydrogen (secondary N) is 1. The first-order valence-corrected chi connectivity index (χ1v) is 12.3. The molecule has 2 saturated heterocycles. The summed E-state index contributed by atoms with van der Waals surface area (Å²) in [6, 6.07) is 11.8. The molecule has 1 N–H and O–H groups in total. The lowest BCUT2D eigenvalue weighted by molar-refractivity contribution is -0.121. The molecule has 1 aromatic heterocycles. The van der Waals surface area contributed by atoms with E-state index in [1.54, 1.807) is 0 Å². The Labute approximate surface area is 180 Å². The minimum absolute atomic E-state index is 0.0235. The van der Waals surface area contributed by atoms with Gasteiger partial charge in [0, 0.05) is 49.9 Å². The van der Waals surface area contributed by atoms with Crippen molar-refractivity contribution in [2.24, 2.45) is 5.92 Å². The predicted octanol–water partition coefficient (Wildman–Crippen LogP) is 3.79. The molecule has 2 aromatic rings. The lowest BCUT2D eigenvalue weighted by Crippen LogP contribution is -2.43. The third-order valence-electron chi connectivity index (χ3n) is 5.58. The minimum atomic E-state index is -0.160. The molecule has 1 unspecified atom stereocenters. The summed E-state index contributed by atoms with van der Waals surface area (Å²) >= 11 is 3.46. The van der Waals surface area contributed by atoms with Crippen molar-refractivity contribution in [3.63, 3.8) is 0 Å². The van der Waals surface area contributed by atoms with E-state index in [9.17, 15) is 9.59 Å². The van der Waals surface area contributed by atoms with Gasteiger partial charge < -0.3 is 10.2 Å². The van der Waals surface area contributed by atoms with Gasteiger partial charge in [0.05, 0.1) is 10.8 Å². The zero-order chi connectivity index (χ0) is 20.1. The normalized spacial score (nSPS) is 20.4. The molecule has 29 heavy (non-hydrogen) atoms. The van der Waals surface area contributed by atoms with Gasteiger partial charge in [-0.15, -0.1) is 11.3 Å². The third kappa shape index (κ3) is 5.21. The van der Waals surface area contributed by atoms with E-state index in [0.29, 0.717) is 6.54 Å². The van der Waals surface area contributed by atoms with Crippen LogP contribution in [-0.4, -0.2) is 59.3 Å². The summed E-state index contributed by atoms with van der Waals surface area (Å²) in [7, 11) is 0. The van der Waals surface area contributed by atoms with Crippen molar-refractivity contribution in [1.82, 2.24) is 9.80 Å². The van der Waals surface area contributed by atoms with Crippen LogP contribution in [0.1, 0.15) is 28.1 Å². The molecule has 2 amide bonds. The second kappa shape index (κ2) is 9.78. The van der Waals surface area contributed by atoms with Crippen molar-refractivity contribution >= 4 is 40.6 Å². The van der Waals surface area contributed by atoms with Gasteiger partial charge in [0.2, 0.25) is 5.91 Å². The topological polar surface area (TPSA) is 52.7 Å². The Morgan fingerprint density at radius 2 is 1.90 bits per heavy atom. The molecule has 1 atom stereocenters. The molecule has 0 bridgehead atoms. The van der Waals surface area contributed by atoms with Crippen molar-refractivity contribution in [2.75, 3.05) is 43.0 Å². The van der Waals surface area contributed by atoms with E-state index in [0.717, 1.165) is 55.1 Å². The van der Waals surface area contributed by atoms with Crippen molar-refractivity contribution in [1.29, 1.82) is 0 Å². The first-order chi connectivity index (χ1) is 14.2. The van der Waals surface area contributed by atoms with Gasteiger partial charge in [0.1, 0.15) is 0 Å². The van der Waals surface area contributed by atoms with Gasteiger partial charge in [0.15, 0.2) is 0 Å². The van der Waals surface area contributed by atoms with E-state index in [1.165, 1.54) is 22.8 Å². The second-order valence-electron chi connectivity index (χ2n) is 7.60. The molecule has 2 fully saturated rings. The number of carbonyl (C=O) groups excluding carboxylic acids is 2. The van der Waals surface area contributed by atoms with Crippen LogP contribution in [0.25, 0.3) is 0 Å². The lowest BCUT2D eigenvalue weighted by atomic mass is 9.96. The monoisotopic (exact) mass is 429 g/mol. The van der Waals surface area contributed by atoms with E-state index in [1.807, 2.05) is 52.4 Å². The highest BCUT2D eigenvalue weighted by molar-refractivity contribution is 7.99. The fraction of sp³-hybridized carbons (Fsp3) is 0.455. The Morgan fingerprint density at radius 1 is 1.07 bits per heavy atom. The van der Waals surface area contributed by atoms with Crippen molar-refractivity contribution < 1.29 is 9.59 Å². The number of anilines is 1. The highest BCUT2D eigenvalue weighted by atomic mass is 32.2. The maximum Gasteiger partial charge on any atom is 0.263 e. The summed E-state index contributed by atoms with van der Waals surface area (Å²) in [6.07, 6.45) is 1.69. The van der Waals surface area contributed by atoms with Gasteiger partial charge in [-0.2, -0.15) is 11.8 Å². The number of piperidine rings is 1. The summed E-state index contributed by atoms with van der Waals surface area (Å²) in [6.45, 7) is 4.27. The molecule has 0 saturated carbocycles. The molecule has 7 heteroatoms. The van der Waals surface area contributed by atoms with Gasteiger partial charge in [-0.1, -0.05) is 24.3 Å².